The molecule has 112 valence electrons. The van der Waals surface area contributed by atoms with Crippen molar-refractivity contribution in [2.75, 3.05) is 20.2 Å². The molecule has 0 aromatic heterocycles. The van der Waals surface area contributed by atoms with Crippen LogP contribution in [0.3, 0.4) is 0 Å². The largest absolute Gasteiger partial charge is 0.490 e. The third kappa shape index (κ3) is 4.50. The zero-order valence-corrected chi connectivity index (χ0v) is 12.7. The van der Waals surface area contributed by atoms with E-state index in [0.717, 1.165) is 24.5 Å². The summed E-state index contributed by atoms with van der Waals surface area (Å²) >= 11 is 0. The van der Waals surface area contributed by atoms with Gasteiger partial charge in [0.2, 0.25) is 0 Å². The molecule has 1 N–H and O–H groups in total. The summed E-state index contributed by atoms with van der Waals surface area (Å²) < 4.78 is 11.9. The van der Waals surface area contributed by atoms with E-state index in [1.54, 1.807) is 0 Å². The Morgan fingerprint density at radius 1 is 0.952 bits per heavy atom. The third-order valence-electron chi connectivity index (χ3n) is 3.25. The molecule has 21 heavy (non-hydrogen) atoms. The van der Waals surface area contributed by atoms with Crippen LogP contribution in [-0.4, -0.2) is 20.2 Å². The van der Waals surface area contributed by atoms with E-state index in [9.17, 15) is 0 Å². The van der Waals surface area contributed by atoms with Crippen molar-refractivity contribution in [3.63, 3.8) is 0 Å². The van der Waals surface area contributed by atoms with E-state index in [4.69, 9.17) is 9.47 Å². The van der Waals surface area contributed by atoms with Gasteiger partial charge in [-0.15, -0.1) is 0 Å². The summed E-state index contributed by atoms with van der Waals surface area (Å²) in [6.45, 7) is 3.51. The SMILES string of the molecule is CCOc1ccccc1O[C@@H](CCNC)c1ccccc1. The molecule has 2 aromatic carbocycles. The van der Waals surface area contributed by atoms with E-state index in [-0.39, 0.29) is 6.10 Å². The van der Waals surface area contributed by atoms with Crippen LogP contribution in [0.15, 0.2) is 54.6 Å². The van der Waals surface area contributed by atoms with E-state index in [1.807, 2.05) is 56.4 Å². The summed E-state index contributed by atoms with van der Waals surface area (Å²) in [6.07, 6.45) is 0.918. The first-order valence-corrected chi connectivity index (χ1v) is 7.43. The molecule has 0 aliphatic carbocycles. The van der Waals surface area contributed by atoms with Crippen molar-refractivity contribution in [2.45, 2.75) is 19.4 Å². The first kappa shape index (κ1) is 15.4. The van der Waals surface area contributed by atoms with E-state index in [0.29, 0.717) is 6.61 Å². The zero-order valence-electron chi connectivity index (χ0n) is 12.7. The molecule has 0 aliphatic heterocycles. The highest BCUT2D eigenvalue weighted by Crippen LogP contribution is 2.32. The fourth-order valence-electron chi connectivity index (χ4n) is 2.21. The van der Waals surface area contributed by atoms with Gasteiger partial charge in [-0.05, 0) is 38.2 Å². The molecule has 1 atom stereocenters. The molecule has 0 saturated carbocycles. The highest BCUT2D eigenvalue weighted by atomic mass is 16.5. The summed E-state index contributed by atoms with van der Waals surface area (Å²) in [5.74, 6) is 1.59. The van der Waals surface area contributed by atoms with Crippen LogP contribution in [0.1, 0.15) is 25.0 Å². The van der Waals surface area contributed by atoms with Gasteiger partial charge in [-0.1, -0.05) is 42.5 Å². The van der Waals surface area contributed by atoms with Gasteiger partial charge in [0, 0.05) is 6.42 Å². The van der Waals surface area contributed by atoms with Gasteiger partial charge in [0.25, 0.3) is 0 Å². The standard InChI is InChI=1S/C18H23NO2/c1-3-20-17-11-7-8-12-18(17)21-16(13-14-19-2)15-9-5-4-6-10-15/h4-12,16,19H,3,13-14H2,1-2H3/t16-/m0/s1. The number of nitrogens with one attached hydrogen (secondary N) is 1. The average molecular weight is 285 g/mol. The fourth-order valence-corrected chi connectivity index (χ4v) is 2.21. The van der Waals surface area contributed by atoms with Crippen molar-refractivity contribution in [3.05, 3.63) is 60.2 Å². The lowest BCUT2D eigenvalue weighted by molar-refractivity contribution is 0.183. The van der Waals surface area contributed by atoms with E-state index >= 15 is 0 Å². The Hall–Kier alpha value is -2.00. The normalized spacial score (nSPS) is 11.9. The Morgan fingerprint density at radius 3 is 2.29 bits per heavy atom. The highest BCUT2D eigenvalue weighted by molar-refractivity contribution is 5.40. The first-order chi connectivity index (χ1) is 10.3. The van der Waals surface area contributed by atoms with Gasteiger partial charge in [-0.3, -0.25) is 0 Å². The van der Waals surface area contributed by atoms with E-state index in [1.165, 1.54) is 5.56 Å². The molecule has 0 aliphatic rings. The van der Waals surface area contributed by atoms with Gasteiger partial charge in [0.05, 0.1) is 6.61 Å². The molecule has 0 bridgehead atoms. The first-order valence-electron chi connectivity index (χ1n) is 7.43. The molecule has 2 rings (SSSR count). The second-order valence-electron chi connectivity index (χ2n) is 4.79. The topological polar surface area (TPSA) is 30.5 Å². The van der Waals surface area contributed by atoms with Crippen LogP contribution in [-0.2, 0) is 0 Å². The number of rotatable bonds is 8. The fraction of sp³-hybridized carbons (Fsp3) is 0.333. The molecule has 0 fully saturated rings. The predicted octanol–water partition coefficient (Wildman–Crippen LogP) is 3.81. The molecule has 0 unspecified atom stereocenters. The average Bonchev–Trinajstić information content (AvgIpc) is 2.54. The van der Waals surface area contributed by atoms with Crippen molar-refractivity contribution in [1.29, 1.82) is 0 Å². The third-order valence-corrected chi connectivity index (χ3v) is 3.25. The molecule has 0 radical (unpaired) electrons. The smallest absolute Gasteiger partial charge is 0.162 e. The summed E-state index contributed by atoms with van der Waals surface area (Å²) in [4.78, 5) is 0. The summed E-state index contributed by atoms with van der Waals surface area (Å²) in [7, 11) is 1.95. The Labute approximate surface area is 126 Å². The summed E-state index contributed by atoms with van der Waals surface area (Å²) in [6, 6.07) is 18.1. The molecule has 3 nitrogen and oxygen atoms in total. The molecule has 3 heteroatoms. The lowest BCUT2D eigenvalue weighted by Crippen LogP contribution is -2.16. The van der Waals surface area contributed by atoms with Crippen molar-refractivity contribution in [1.82, 2.24) is 5.32 Å². The lowest BCUT2D eigenvalue weighted by atomic mass is 10.1. The minimum Gasteiger partial charge on any atom is -0.490 e. The van der Waals surface area contributed by atoms with Crippen molar-refractivity contribution >= 4 is 0 Å². The molecular weight excluding hydrogens is 262 g/mol. The van der Waals surface area contributed by atoms with Gasteiger partial charge in [-0.25, -0.2) is 0 Å². The summed E-state index contributed by atoms with van der Waals surface area (Å²) in [5.41, 5.74) is 1.18. The van der Waals surface area contributed by atoms with Gasteiger partial charge in [0.1, 0.15) is 6.10 Å². The predicted molar refractivity (Wildman–Crippen MR) is 86.0 cm³/mol. The maximum Gasteiger partial charge on any atom is 0.162 e. The van der Waals surface area contributed by atoms with Gasteiger partial charge in [-0.2, -0.15) is 0 Å². The van der Waals surface area contributed by atoms with E-state index in [2.05, 4.69) is 17.4 Å². The van der Waals surface area contributed by atoms with Crippen LogP contribution in [0.4, 0.5) is 0 Å². The highest BCUT2D eigenvalue weighted by Gasteiger charge is 2.15. The van der Waals surface area contributed by atoms with Crippen LogP contribution in [0.5, 0.6) is 11.5 Å². The monoisotopic (exact) mass is 285 g/mol. The van der Waals surface area contributed by atoms with Crippen LogP contribution in [0.25, 0.3) is 0 Å². The number of hydrogen-bond acceptors (Lipinski definition) is 3. The second-order valence-corrected chi connectivity index (χ2v) is 4.79. The quantitative estimate of drug-likeness (QED) is 0.800. The Balaban J connectivity index is 2.19. The zero-order chi connectivity index (χ0) is 14.9. The molecule has 2 aromatic rings. The number of hydrogen-bond donors (Lipinski definition) is 1. The number of ether oxygens (including phenoxy) is 2. The Morgan fingerprint density at radius 2 is 1.62 bits per heavy atom. The summed E-state index contributed by atoms with van der Waals surface area (Å²) in [5, 5.41) is 3.18. The van der Waals surface area contributed by atoms with Crippen LogP contribution in [0.2, 0.25) is 0 Å². The van der Waals surface area contributed by atoms with Crippen molar-refractivity contribution < 1.29 is 9.47 Å². The van der Waals surface area contributed by atoms with Crippen LogP contribution < -0.4 is 14.8 Å². The minimum absolute atomic E-state index is 0.0141. The Kier molecular flexibility index (Phi) is 6.10. The molecular formula is C18H23NO2. The van der Waals surface area contributed by atoms with Gasteiger partial charge in [0.15, 0.2) is 11.5 Å². The van der Waals surface area contributed by atoms with Crippen LogP contribution in [0, 0.1) is 0 Å². The second kappa shape index (κ2) is 8.32. The van der Waals surface area contributed by atoms with Crippen molar-refractivity contribution in [2.24, 2.45) is 0 Å². The van der Waals surface area contributed by atoms with Gasteiger partial charge < -0.3 is 14.8 Å². The molecule has 0 saturated heterocycles. The lowest BCUT2D eigenvalue weighted by Gasteiger charge is -2.21. The maximum absolute atomic E-state index is 6.22. The van der Waals surface area contributed by atoms with Gasteiger partial charge >= 0.3 is 0 Å². The molecule has 0 spiro atoms. The number of benzene rings is 2. The van der Waals surface area contributed by atoms with Crippen LogP contribution >= 0.6 is 0 Å². The van der Waals surface area contributed by atoms with Crippen molar-refractivity contribution in [3.8, 4) is 11.5 Å². The number of para-hydroxylation sites is 2. The molecule has 0 amide bonds. The molecule has 0 heterocycles. The van der Waals surface area contributed by atoms with E-state index < -0.39 is 0 Å². The maximum atomic E-state index is 6.22. The Bertz CT molecular complexity index is 528. The minimum atomic E-state index is 0.0141.